The number of aldehydes is 1. The molecule has 1 aromatic carbocycles. The van der Waals surface area contributed by atoms with Crippen molar-refractivity contribution in [2.24, 2.45) is 0 Å². The molecule has 0 unspecified atom stereocenters. The van der Waals surface area contributed by atoms with Crippen LogP contribution in [-0.2, 0) is 0 Å². The molecular formula is C7H2Cl4O2. The number of benzene rings is 1. The predicted octanol–water partition coefficient (Wildman–Crippen LogP) is 3.82. The summed E-state index contributed by atoms with van der Waals surface area (Å²) in [7, 11) is 0. The van der Waals surface area contributed by atoms with Crippen LogP contribution < -0.4 is 0 Å². The fourth-order valence-corrected chi connectivity index (χ4v) is 1.65. The molecule has 0 aliphatic rings. The Morgan fingerprint density at radius 2 is 1.38 bits per heavy atom. The summed E-state index contributed by atoms with van der Waals surface area (Å²) in [6.07, 6.45) is 0.353. The highest BCUT2D eigenvalue weighted by Crippen LogP contribution is 2.44. The van der Waals surface area contributed by atoms with E-state index in [2.05, 4.69) is 0 Å². The van der Waals surface area contributed by atoms with E-state index in [-0.39, 0.29) is 25.7 Å². The van der Waals surface area contributed by atoms with Crippen LogP contribution in [0.2, 0.25) is 20.1 Å². The van der Waals surface area contributed by atoms with Crippen molar-refractivity contribution in [2.75, 3.05) is 0 Å². The number of phenols is 1. The molecule has 0 spiro atoms. The first-order chi connectivity index (χ1) is 6.00. The highest BCUT2D eigenvalue weighted by atomic mass is 35.5. The monoisotopic (exact) mass is 258 g/mol. The second kappa shape index (κ2) is 3.93. The van der Waals surface area contributed by atoms with Crippen LogP contribution in [-0.4, -0.2) is 11.4 Å². The molecule has 0 amide bonds. The van der Waals surface area contributed by atoms with Gasteiger partial charge in [-0.1, -0.05) is 46.4 Å². The van der Waals surface area contributed by atoms with E-state index in [1.807, 2.05) is 0 Å². The van der Waals surface area contributed by atoms with Gasteiger partial charge in [0.05, 0.1) is 20.6 Å². The summed E-state index contributed by atoms with van der Waals surface area (Å²) in [6, 6.07) is 0. The second-order valence-electron chi connectivity index (χ2n) is 2.14. The van der Waals surface area contributed by atoms with Crippen LogP contribution in [0, 0.1) is 0 Å². The zero-order valence-electron chi connectivity index (χ0n) is 5.94. The third kappa shape index (κ3) is 1.72. The molecule has 1 N–H and O–H groups in total. The Morgan fingerprint density at radius 3 is 1.85 bits per heavy atom. The maximum absolute atomic E-state index is 10.5. The predicted molar refractivity (Wildman–Crippen MR) is 53.5 cm³/mol. The van der Waals surface area contributed by atoms with Crippen molar-refractivity contribution in [3.63, 3.8) is 0 Å². The fraction of sp³-hybridized carbons (Fsp3) is 0. The fourth-order valence-electron chi connectivity index (χ4n) is 0.745. The van der Waals surface area contributed by atoms with Crippen molar-refractivity contribution < 1.29 is 9.90 Å². The number of hydrogen-bond acceptors (Lipinski definition) is 2. The quantitative estimate of drug-likeness (QED) is 0.473. The van der Waals surface area contributed by atoms with Crippen LogP contribution in [0.15, 0.2) is 0 Å². The molecule has 1 aromatic rings. The van der Waals surface area contributed by atoms with E-state index in [0.29, 0.717) is 6.29 Å². The Balaban J connectivity index is 3.66. The van der Waals surface area contributed by atoms with E-state index in [1.54, 1.807) is 0 Å². The minimum absolute atomic E-state index is 0.0479. The maximum atomic E-state index is 10.5. The van der Waals surface area contributed by atoms with Gasteiger partial charge in [-0.2, -0.15) is 0 Å². The summed E-state index contributed by atoms with van der Waals surface area (Å²) in [6.45, 7) is 0. The lowest BCUT2D eigenvalue weighted by atomic mass is 10.2. The topological polar surface area (TPSA) is 37.3 Å². The van der Waals surface area contributed by atoms with Crippen molar-refractivity contribution >= 4 is 52.7 Å². The molecule has 0 aromatic heterocycles. The second-order valence-corrected chi connectivity index (χ2v) is 3.65. The molecule has 6 heteroatoms. The average Bonchev–Trinajstić information content (AvgIpc) is 2.13. The van der Waals surface area contributed by atoms with E-state index >= 15 is 0 Å². The summed E-state index contributed by atoms with van der Waals surface area (Å²) in [4.78, 5) is 10.5. The molecule has 0 atom stereocenters. The van der Waals surface area contributed by atoms with E-state index in [9.17, 15) is 9.90 Å². The van der Waals surface area contributed by atoms with Crippen molar-refractivity contribution in [3.8, 4) is 5.75 Å². The van der Waals surface area contributed by atoms with Gasteiger partial charge in [-0.15, -0.1) is 0 Å². The summed E-state index contributed by atoms with van der Waals surface area (Å²) in [5, 5.41) is 8.88. The number of aromatic hydroxyl groups is 1. The van der Waals surface area contributed by atoms with E-state index in [4.69, 9.17) is 46.4 Å². The number of carbonyl (C=O) groups is 1. The first-order valence-electron chi connectivity index (χ1n) is 3.00. The smallest absolute Gasteiger partial charge is 0.155 e. The number of phenolic OH excluding ortho intramolecular Hbond substituents is 1. The molecule has 0 aliphatic heterocycles. The third-order valence-corrected chi connectivity index (χ3v) is 3.20. The molecule has 0 radical (unpaired) electrons. The lowest BCUT2D eigenvalue weighted by Crippen LogP contribution is -1.87. The number of halogens is 4. The van der Waals surface area contributed by atoms with E-state index in [1.165, 1.54) is 0 Å². The van der Waals surface area contributed by atoms with Gasteiger partial charge in [0.15, 0.2) is 6.29 Å². The van der Waals surface area contributed by atoms with E-state index in [0.717, 1.165) is 0 Å². The minimum atomic E-state index is -0.462. The van der Waals surface area contributed by atoms with Crippen molar-refractivity contribution in [3.05, 3.63) is 25.7 Å². The maximum Gasteiger partial charge on any atom is 0.155 e. The van der Waals surface area contributed by atoms with Gasteiger partial charge in [0.2, 0.25) is 0 Å². The molecule has 0 heterocycles. The van der Waals surface area contributed by atoms with Crippen LogP contribution in [0.4, 0.5) is 0 Å². The third-order valence-electron chi connectivity index (χ3n) is 1.40. The van der Waals surface area contributed by atoms with Crippen LogP contribution in [0.3, 0.4) is 0 Å². The molecule has 0 saturated heterocycles. The number of hydrogen-bond donors (Lipinski definition) is 1. The van der Waals surface area contributed by atoms with Crippen LogP contribution in [0.25, 0.3) is 0 Å². The minimum Gasteiger partial charge on any atom is -0.506 e. The molecule has 70 valence electrons. The van der Waals surface area contributed by atoms with Gasteiger partial charge in [0, 0.05) is 0 Å². The molecule has 2 nitrogen and oxygen atoms in total. The Hall–Kier alpha value is -0.150. The van der Waals surface area contributed by atoms with Crippen LogP contribution in [0.5, 0.6) is 5.75 Å². The Bertz CT molecular complexity index is 346. The Kier molecular flexibility index (Phi) is 3.30. The highest BCUT2D eigenvalue weighted by molar-refractivity contribution is 6.53. The van der Waals surface area contributed by atoms with Crippen molar-refractivity contribution in [1.29, 1.82) is 0 Å². The van der Waals surface area contributed by atoms with Crippen LogP contribution in [0.1, 0.15) is 10.4 Å². The van der Waals surface area contributed by atoms with Gasteiger partial charge in [0.25, 0.3) is 0 Å². The normalized spacial score (nSPS) is 10.2. The lowest BCUT2D eigenvalue weighted by Gasteiger charge is -2.07. The Labute approximate surface area is 94.0 Å². The molecule has 0 bridgehead atoms. The van der Waals surface area contributed by atoms with Crippen LogP contribution >= 0.6 is 46.4 Å². The largest absolute Gasteiger partial charge is 0.506 e. The lowest BCUT2D eigenvalue weighted by molar-refractivity contribution is 0.112. The molecule has 1 rings (SSSR count). The molecule has 0 aliphatic carbocycles. The standard InChI is InChI=1S/C7H2Cl4O2/c8-3-2(1-12)7(13)6(11)5(10)4(3)9/h1,13H. The zero-order chi connectivity index (χ0) is 10.2. The van der Waals surface area contributed by atoms with Crippen molar-refractivity contribution in [1.82, 2.24) is 0 Å². The summed E-state index contributed by atoms with van der Waals surface area (Å²) in [5.74, 6) is -0.462. The Morgan fingerprint density at radius 1 is 0.923 bits per heavy atom. The van der Waals surface area contributed by atoms with Gasteiger partial charge >= 0.3 is 0 Å². The molecule has 0 saturated carbocycles. The van der Waals surface area contributed by atoms with Gasteiger partial charge in [-0.05, 0) is 0 Å². The van der Waals surface area contributed by atoms with Crippen molar-refractivity contribution in [2.45, 2.75) is 0 Å². The summed E-state index contributed by atoms with van der Waals surface area (Å²) in [5.41, 5.74) is -0.166. The SMILES string of the molecule is O=Cc1c(O)c(Cl)c(Cl)c(Cl)c1Cl. The first-order valence-corrected chi connectivity index (χ1v) is 4.52. The zero-order valence-corrected chi connectivity index (χ0v) is 8.97. The van der Waals surface area contributed by atoms with Gasteiger partial charge in [0.1, 0.15) is 10.8 Å². The van der Waals surface area contributed by atoms with Gasteiger partial charge in [-0.25, -0.2) is 0 Å². The first kappa shape index (κ1) is 10.9. The average molecular weight is 260 g/mol. The van der Waals surface area contributed by atoms with Gasteiger partial charge < -0.3 is 5.11 Å². The highest BCUT2D eigenvalue weighted by Gasteiger charge is 2.18. The summed E-state index contributed by atoms with van der Waals surface area (Å²) >= 11 is 22.4. The van der Waals surface area contributed by atoms with E-state index < -0.39 is 5.75 Å². The molecule has 13 heavy (non-hydrogen) atoms. The molecule has 0 fully saturated rings. The number of carbonyl (C=O) groups excluding carboxylic acids is 1. The molecular weight excluding hydrogens is 258 g/mol. The van der Waals surface area contributed by atoms with Gasteiger partial charge in [-0.3, -0.25) is 4.79 Å². The summed E-state index contributed by atoms with van der Waals surface area (Å²) < 4.78 is 0. The number of rotatable bonds is 1.